The maximum absolute atomic E-state index is 12.7. The van der Waals surface area contributed by atoms with E-state index in [2.05, 4.69) is 21.4 Å². The van der Waals surface area contributed by atoms with Gasteiger partial charge in [0, 0.05) is 23.8 Å². The number of thiazole rings is 1. The second-order valence-electron chi connectivity index (χ2n) is 7.08. The highest BCUT2D eigenvalue weighted by molar-refractivity contribution is 7.22. The maximum Gasteiger partial charge on any atom is 0.264 e. The van der Waals surface area contributed by atoms with Gasteiger partial charge >= 0.3 is 0 Å². The van der Waals surface area contributed by atoms with Gasteiger partial charge in [-0.25, -0.2) is 9.97 Å². The summed E-state index contributed by atoms with van der Waals surface area (Å²) < 4.78 is 1.16. The fourth-order valence-corrected chi connectivity index (χ4v) is 4.72. The Balaban J connectivity index is 1.32. The van der Waals surface area contributed by atoms with Gasteiger partial charge in [0.1, 0.15) is 5.82 Å². The molecule has 1 unspecified atom stereocenters. The molecule has 132 valence electrons. The first-order chi connectivity index (χ1) is 12.5. The number of benzene rings is 1. The Kier molecular flexibility index (Phi) is 3.32. The summed E-state index contributed by atoms with van der Waals surface area (Å²) in [7, 11) is 0. The molecule has 1 aliphatic heterocycles. The molecule has 2 aliphatic rings. The summed E-state index contributed by atoms with van der Waals surface area (Å²) in [5, 5.41) is 15.0. The molecule has 1 aliphatic carbocycles. The summed E-state index contributed by atoms with van der Waals surface area (Å²) in [6.45, 7) is 1.55. The second-order valence-corrected chi connectivity index (χ2v) is 8.11. The van der Waals surface area contributed by atoms with Crippen LogP contribution in [0.2, 0.25) is 0 Å². The number of carbonyl (C=O) groups is 1. The van der Waals surface area contributed by atoms with Crippen LogP contribution in [0.4, 0.5) is 10.9 Å². The number of nitrogens with zero attached hydrogens (tertiary/aromatic N) is 3. The first kappa shape index (κ1) is 15.7. The molecule has 3 aromatic rings. The van der Waals surface area contributed by atoms with E-state index in [1.165, 1.54) is 0 Å². The van der Waals surface area contributed by atoms with Gasteiger partial charge in [0.2, 0.25) is 0 Å². The molecule has 2 N–H and O–H groups in total. The highest BCUT2D eigenvalue weighted by Crippen LogP contribution is 2.43. The van der Waals surface area contributed by atoms with E-state index in [0.29, 0.717) is 11.4 Å². The summed E-state index contributed by atoms with van der Waals surface area (Å²) >= 11 is 1.64. The zero-order valence-electron chi connectivity index (χ0n) is 14.2. The lowest BCUT2D eigenvalue weighted by molar-refractivity contribution is -0.135. The van der Waals surface area contributed by atoms with Crippen molar-refractivity contribution in [2.75, 3.05) is 10.2 Å². The minimum absolute atomic E-state index is 0.0528. The maximum atomic E-state index is 12.7. The van der Waals surface area contributed by atoms with Crippen LogP contribution >= 0.6 is 11.3 Å². The van der Waals surface area contributed by atoms with Gasteiger partial charge in [0.05, 0.1) is 10.2 Å². The fraction of sp³-hybridized carbons (Fsp3) is 0.316. The predicted molar refractivity (Wildman–Crippen MR) is 101 cm³/mol. The second kappa shape index (κ2) is 5.49. The lowest BCUT2D eigenvalue weighted by Crippen LogP contribution is -2.53. The van der Waals surface area contributed by atoms with Gasteiger partial charge in [-0.3, -0.25) is 9.69 Å². The third-order valence-electron chi connectivity index (χ3n) is 5.27. The fourth-order valence-electron chi connectivity index (χ4n) is 3.78. The van der Waals surface area contributed by atoms with Crippen LogP contribution in [0.3, 0.4) is 0 Å². The van der Waals surface area contributed by atoms with Crippen LogP contribution in [-0.2, 0) is 10.4 Å². The number of nitrogens with one attached hydrogen (secondary N) is 1. The minimum atomic E-state index is -1.49. The van der Waals surface area contributed by atoms with Gasteiger partial charge < -0.3 is 10.4 Å². The monoisotopic (exact) mass is 366 g/mol. The molecule has 6 nitrogen and oxygen atoms in total. The summed E-state index contributed by atoms with van der Waals surface area (Å²) in [6, 6.07) is 11.9. The minimum Gasteiger partial charge on any atom is -0.375 e. The number of pyridine rings is 1. The Bertz CT molecular complexity index is 976. The van der Waals surface area contributed by atoms with Gasteiger partial charge in [0.25, 0.3) is 5.91 Å². The molecule has 0 radical (unpaired) electrons. The number of hydrogen-bond acceptors (Lipinski definition) is 6. The number of amides is 1. The average Bonchev–Trinajstić information content (AvgIpc) is 3.09. The molecule has 1 fully saturated rings. The third kappa shape index (κ3) is 2.24. The van der Waals surface area contributed by atoms with Crippen LogP contribution in [0, 0.1) is 0 Å². The van der Waals surface area contributed by atoms with Gasteiger partial charge in [0.15, 0.2) is 10.7 Å². The van der Waals surface area contributed by atoms with Crippen molar-refractivity contribution in [2.24, 2.45) is 0 Å². The molecule has 3 heterocycles. The largest absolute Gasteiger partial charge is 0.375 e. The van der Waals surface area contributed by atoms with E-state index in [0.717, 1.165) is 28.2 Å². The number of carbonyl (C=O) groups excluding carboxylic acids is 1. The van der Waals surface area contributed by atoms with Crippen molar-refractivity contribution in [1.29, 1.82) is 0 Å². The molecule has 0 spiro atoms. The highest BCUT2D eigenvalue weighted by atomic mass is 32.1. The normalized spacial score (nSPS) is 27.5. The van der Waals surface area contributed by atoms with E-state index in [4.69, 9.17) is 0 Å². The number of aromatic nitrogens is 2. The van der Waals surface area contributed by atoms with Gasteiger partial charge in [-0.1, -0.05) is 29.5 Å². The van der Waals surface area contributed by atoms with Crippen molar-refractivity contribution in [3.8, 4) is 0 Å². The lowest BCUT2D eigenvalue weighted by atomic mass is 9.85. The Morgan fingerprint density at radius 2 is 2.08 bits per heavy atom. The Hall–Kier alpha value is -2.51. The smallest absolute Gasteiger partial charge is 0.264 e. The SMILES string of the molecule is CC1(O)C(=O)N(C2CC(Nc3nc4ccccc4s3)C2)c2ncccc21. The van der Waals surface area contributed by atoms with E-state index in [-0.39, 0.29) is 18.0 Å². The van der Waals surface area contributed by atoms with E-state index in [9.17, 15) is 9.90 Å². The zero-order chi connectivity index (χ0) is 17.9. The summed E-state index contributed by atoms with van der Waals surface area (Å²) in [5.41, 5.74) is 0.0992. The van der Waals surface area contributed by atoms with Crippen molar-refractivity contribution in [3.05, 3.63) is 48.2 Å². The molecule has 2 aromatic heterocycles. The van der Waals surface area contributed by atoms with Crippen LogP contribution in [0.5, 0.6) is 0 Å². The first-order valence-corrected chi connectivity index (χ1v) is 9.49. The van der Waals surface area contributed by atoms with Crippen molar-refractivity contribution >= 4 is 38.4 Å². The van der Waals surface area contributed by atoms with E-state index < -0.39 is 5.60 Å². The Morgan fingerprint density at radius 1 is 1.27 bits per heavy atom. The molecule has 1 saturated carbocycles. The first-order valence-electron chi connectivity index (χ1n) is 8.67. The topological polar surface area (TPSA) is 78.4 Å². The number of anilines is 2. The summed E-state index contributed by atoms with van der Waals surface area (Å²) in [4.78, 5) is 23.3. The van der Waals surface area contributed by atoms with E-state index in [1.807, 2.05) is 18.2 Å². The van der Waals surface area contributed by atoms with Crippen LogP contribution < -0.4 is 10.2 Å². The van der Waals surface area contributed by atoms with Gasteiger partial charge in [-0.15, -0.1) is 0 Å². The number of rotatable bonds is 3. The number of para-hydroxylation sites is 1. The molecule has 7 heteroatoms. The molecule has 1 amide bonds. The Morgan fingerprint density at radius 3 is 2.88 bits per heavy atom. The van der Waals surface area contributed by atoms with Crippen LogP contribution in [0.1, 0.15) is 25.3 Å². The molecular weight excluding hydrogens is 348 g/mol. The summed E-state index contributed by atoms with van der Waals surface area (Å²) in [6.07, 6.45) is 3.29. The zero-order valence-corrected chi connectivity index (χ0v) is 15.0. The average molecular weight is 366 g/mol. The van der Waals surface area contributed by atoms with Crippen molar-refractivity contribution in [3.63, 3.8) is 0 Å². The third-order valence-corrected chi connectivity index (χ3v) is 6.24. The molecule has 0 saturated heterocycles. The number of aliphatic hydroxyl groups is 1. The highest BCUT2D eigenvalue weighted by Gasteiger charge is 2.51. The molecular formula is C19H18N4O2S. The van der Waals surface area contributed by atoms with E-state index >= 15 is 0 Å². The quantitative estimate of drug-likeness (QED) is 0.745. The molecule has 1 aromatic carbocycles. The number of hydrogen-bond donors (Lipinski definition) is 2. The summed E-state index contributed by atoms with van der Waals surface area (Å²) in [5.74, 6) is 0.306. The molecule has 0 bridgehead atoms. The van der Waals surface area contributed by atoms with Crippen LogP contribution in [-0.4, -0.2) is 33.1 Å². The van der Waals surface area contributed by atoms with Gasteiger partial charge in [-0.05, 0) is 38.0 Å². The lowest BCUT2D eigenvalue weighted by Gasteiger charge is -2.41. The standard InChI is InChI=1S/C19H18N4O2S/c1-19(25)13-5-4-8-20-16(13)23(17(19)24)12-9-11(10-12)21-18-22-14-6-2-3-7-15(14)26-18/h2-8,11-12,25H,9-10H2,1H3,(H,21,22). The van der Waals surface area contributed by atoms with Crippen LogP contribution in [0.25, 0.3) is 10.2 Å². The number of fused-ring (bicyclic) bond motifs is 2. The molecule has 5 rings (SSSR count). The molecule has 26 heavy (non-hydrogen) atoms. The van der Waals surface area contributed by atoms with Crippen molar-refractivity contribution in [2.45, 2.75) is 37.5 Å². The van der Waals surface area contributed by atoms with Crippen molar-refractivity contribution in [1.82, 2.24) is 9.97 Å². The van der Waals surface area contributed by atoms with Crippen LogP contribution in [0.15, 0.2) is 42.6 Å². The predicted octanol–water partition coefficient (Wildman–Crippen LogP) is 2.89. The van der Waals surface area contributed by atoms with Crippen molar-refractivity contribution < 1.29 is 9.90 Å². The van der Waals surface area contributed by atoms with Gasteiger partial charge in [-0.2, -0.15) is 0 Å². The molecule has 1 atom stereocenters. The Labute approximate surface area is 154 Å². The van der Waals surface area contributed by atoms with E-state index in [1.54, 1.807) is 41.5 Å².